The molecule has 0 saturated carbocycles. The molecule has 1 heterocycles. The van der Waals surface area contributed by atoms with Crippen LogP contribution in [0.15, 0.2) is 12.7 Å². The largest absolute Gasteiger partial charge is 0.424 e. The number of hydrogen-bond acceptors (Lipinski definition) is 4. The average molecular weight is 184 g/mol. The van der Waals surface area contributed by atoms with E-state index in [9.17, 15) is 9.59 Å². The zero-order chi connectivity index (χ0) is 10.1. The van der Waals surface area contributed by atoms with Crippen molar-refractivity contribution >= 4 is 11.9 Å². The van der Waals surface area contributed by atoms with E-state index in [1.807, 2.05) is 0 Å². The van der Waals surface area contributed by atoms with Crippen molar-refractivity contribution in [1.82, 2.24) is 0 Å². The summed E-state index contributed by atoms with van der Waals surface area (Å²) < 4.78 is 9.67. The quantitative estimate of drug-likeness (QED) is 0.475. The first-order chi connectivity index (χ1) is 5.95. The minimum atomic E-state index is -0.787. The fourth-order valence-corrected chi connectivity index (χ4v) is 1.11. The Labute approximate surface area is 76.5 Å². The van der Waals surface area contributed by atoms with Gasteiger partial charge in [-0.05, 0) is 0 Å². The maximum atomic E-state index is 10.9. The van der Waals surface area contributed by atoms with Crippen LogP contribution in [-0.4, -0.2) is 18.2 Å². The second-order valence-corrected chi connectivity index (χ2v) is 3.63. The third-order valence-electron chi connectivity index (χ3n) is 1.87. The molecule has 0 N–H and O–H groups in total. The molecule has 1 saturated heterocycles. The zero-order valence-electron chi connectivity index (χ0n) is 7.70. The standard InChI is InChI=1S/C9H12O4/c1-4-6(10)12-8-9(2,3)5-7(11)13-8/h4,8H,1,5H2,2-3H3. The number of hydrogen-bond donors (Lipinski definition) is 0. The SMILES string of the molecule is C=CC(=O)OC1OC(=O)CC1(C)C. The summed E-state index contributed by atoms with van der Waals surface area (Å²) in [6.45, 7) is 6.86. The summed E-state index contributed by atoms with van der Waals surface area (Å²) in [5.74, 6) is -0.917. The van der Waals surface area contributed by atoms with Gasteiger partial charge in [-0.3, -0.25) is 4.79 Å². The smallest absolute Gasteiger partial charge is 0.333 e. The maximum absolute atomic E-state index is 10.9. The van der Waals surface area contributed by atoms with E-state index in [1.165, 1.54) is 0 Å². The van der Waals surface area contributed by atoms with Crippen LogP contribution in [0, 0.1) is 5.41 Å². The predicted octanol–water partition coefficient (Wildman–Crippen LogP) is 1.01. The highest BCUT2D eigenvalue weighted by atomic mass is 16.7. The highest BCUT2D eigenvalue weighted by Crippen LogP contribution is 2.35. The molecule has 4 heteroatoms. The third-order valence-corrected chi connectivity index (χ3v) is 1.87. The van der Waals surface area contributed by atoms with Crippen LogP contribution in [0.2, 0.25) is 0 Å². The van der Waals surface area contributed by atoms with Gasteiger partial charge in [-0.15, -0.1) is 0 Å². The van der Waals surface area contributed by atoms with E-state index in [4.69, 9.17) is 9.47 Å². The van der Waals surface area contributed by atoms with Crippen LogP contribution in [0.25, 0.3) is 0 Å². The molecule has 1 rings (SSSR count). The predicted molar refractivity (Wildman–Crippen MR) is 44.6 cm³/mol. The molecule has 0 bridgehead atoms. The second-order valence-electron chi connectivity index (χ2n) is 3.63. The zero-order valence-corrected chi connectivity index (χ0v) is 7.70. The van der Waals surface area contributed by atoms with Crippen LogP contribution in [-0.2, 0) is 19.1 Å². The van der Waals surface area contributed by atoms with Gasteiger partial charge >= 0.3 is 11.9 Å². The number of rotatable bonds is 2. The summed E-state index contributed by atoms with van der Waals surface area (Å²) in [7, 11) is 0. The lowest BCUT2D eigenvalue weighted by Crippen LogP contribution is -2.29. The van der Waals surface area contributed by atoms with Crippen molar-refractivity contribution in [3.8, 4) is 0 Å². The highest BCUT2D eigenvalue weighted by molar-refractivity contribution is 5.82. The summed E-state index contributed by atoms with van der Waals surface area (Å²) >= 11 is 0. The summed E-state index contributed by atoms with van der Waals surface area (Å²) in [6.07, 6.45) is 0.523. The number of cyclic esters (lactones) is 1. The molecule has 1 unspecified atom stereocenters. The molecule has 1 fully saturated rings. The van der Waals surface area contributed by atoms with Crippen molar-refractivity contribution in [2.45, 2.75) is 26.6 Å². The molecule has 72 valence electrons. The first-order valence-corrected chi connectivity index (χ1v) is 3.98. The van der Waals surface area contributed by atoms with Crippen LogP contribution in [0.5, 0.6) is 0 Å². The summed E-state index contributed by atoms with van der Waals surface area (Å²) in [5.41, 5.74) is -0.449. The van der Waals surface area contributed by atoms with Gasteiger partial charge in [0.05, 0.1) is 6.42 Å². The summed E-state index contributed by atoms with van der Waals surface area (Å²) in [4.78, 5) is 21.7. The van der Waals surface area contributed by atoms with Crippen molar-refractivity contribution in [2.24, 2.45) is 5.41 Å². The van der Waals surface area contributed by atoms with Gasteiger partial charge in [0.15, 0.2) is 0 Å². The molecular weight excluding hydrogens is 172 g/mol. The average Bonchev–Trinajstić information content (AvgIpc) is 2.24. The van der Waals surface area contributed by atoms with Crippen LogP contribution >= 0.6 is 0 Å². The molecule has 0 aromatic rings. The summed E-state index contributed by atoms with van der Waals surface area (Å²) in [5, 5.41) is 0. The van der Waals surface area contributed by atoms with Gasteiger partial charge in [0.2, 0.25) is 0 Å². The first kappa shape index (κ1) is 9.77. The minimum absolute atomic E-state index is 0.266. The molecule has 0 radical (unpaired) electrons. The molecule has 1 aliphatic heterocycles. The van der Waals surface area contributed by atoms with E-state index < -0.39 is 17.7 Å². The number of carbonyl (C=O) groups is 2. The number of carbonyl (C=O) groups excluding carboxylic acids is 2. The lowest BCUT2D eigenvalue weighted by atomic mass is 9.91. The van der Waals surface area contributed by atoms with Crippen molar-refractivity contribution in [3.05, 3.63) is 12.7 Å². The van der Waals surface area contributed by atoms with Gasteiger partial charge in [0.1, 0.15) is 0 Å². The Morgan fingerprint density at radius 2 is 2.38 bits per heavy atom. The van der Waals surface area contributed by atoms with Gasteiger partial charge in [-0.1, -0.05) is 20.4 Å². The Morgan fingerprint density at radius 1 is 1.77 bits per heavy atom. The fraction of sp³-hybridized carbons (Fsp3) is 0.556. The third kappa shape index (κ3) is 2.08. The Bertz CT molecular complexity index is 254. The minimum Gasteiger partial charge on any atom is -0.424 e. The Morgan fingerprint density at radius 3 is 2.77 bits per heavy atom. The molecule has 0 amide bonds. The molecule has 0 aromatic heterocycles. The topological polar surface area (TPSA) is 52.6 Å². The number of esters is 2. The monoisotopic (exact) mass is 184 g/mol. The molecular formula is C9H12O4. The van der Waals surface area contributed by atoms with Crippen LogP contribution in [0.4, 0.5) is 0 Å². The molecule has 0 spiro atoms. The molecule has 1 atom stereocenters. The van der Waals surface area contributed by atoms with Crippen molar-refractivity contribution < 1.29 is 19.1 Å². The van der Waals surface area contributed by atoms with Crippen LogP contribution in [0.3, 0.4) is 0 Å². The van der Waals surface area contributed by atoms with Crippen molar-refractivity contribution in [1.29, 1.82) is 0 Å². The van der Waals surface area contributed by atoms with Gasteiger partial charge in [-0.25, -0.2) is 4.79 Å². The van der Waals surface area contributed by atoms with E-state index in [2.05, 4.69) is 6.58 Å². The lowest BCUT2D eigenvalue weighted by molar-refractivity contribution is -0.183. The summed E-state index contributed by atoms with van der Waals surface area (Å²) in [6, 6.07) is 0. The molecule has 0 aromatic carbocycles. The Hall–Kier alpha value is -1.32. The lowest BCUT2D eigenvalue weighted by Gasteiger charge is -2.22. The first-order valence-electron chi connectivity index (χ1n) is 3.98. The van der Waals surface area contributed by atoms with Crippen molar-refractivity contribution in [3.63, 3.8) is 0 Å². The normalized spacial score (nSPS) is 25.1. The van der Waals surface area contributed by atoms with E-state index in [-0.39, 0.29) is 12.4 Å². The fourth-order valence-electron chi connectivity index (χ4n) is 1.11. The molecule has 1 aliphatic rings. The second kappa shape index (κ2) is 3.20. The van der Waals surface area contributed by atoms with E-state index >= 15 is 0 Å². The molecule has 0 aliphatic carbocycles. The van der Waals surface area contributed by atoms with Crippen LogP contribution in [0.1, 0.15) is 20.3 Å². The van der Waals surface area contributed by atoms with E-state index in [1.54, 1.807) is 13.8 Å². The number of ether oxygens (including phenoxy) is 2. The van der Waals surface area contributed by atoms with Gasteiger partial charge in [0, 0.05) is 11.5 Å². The van der Waals surface area contributed by atoms with Gasteiger partial charge in [-0.2, -0.15) is 0 Å². The highest BCUT2D eigenvalue weighted by Gasteiger charge is 2.44. The Kier molecular flexibility index (Phi) is 2.40. The van der Waals surface area contributed by atoms with Gasteiger partial charge < -0.3 is 9.47 Å². The van der Waals surface area contributed by atoms with E-state index in [0.717, 1.165) is 6.08 Å². The van der Waals surface area contributed by atoms with E-state index in [0.29, 0.717) is 0 Å². The maximum Gasteiger partial charge on any atom is 0.333 e. The molecule has 4 nitrogen and oxygen atoms in total. The van der Waals surface area contributed by atoms with Crippen LogP contribution < -0.4 is 0 Å². The Balaban J connectivity index is 2.65. The van der Waals surface area contributed by atoms with Gasteiger partial charge in [0.25, 0.3) is 6.29 Å². The van der Waals surface area contributed by atoms with Crippen molar-refractivity contribution in [2.75, 3.05) is 0 Å². The molecule has 13 heavy (non-hydrogen) atoms.